The van der Waals surface area contributed by atoms with Crippen LogP contribution in [-0.2, 0) is 11.2 Å². The SMILES string of the molecule is CC(C)CN(CC(C)C)c1nc2ccccc2nc1[C@H](C#N)C(=O)NCCc1ccccc1. The zero-order chi connectivity index (χ0) is 23.8. The maximum absolute atomic E-state index is 13.1. The van der Waals surface area contributed by atoms with Gasteiger partial charge in [-0.2, -0.15) is 5.26 Å². The van der Waals surface area contributed by atoms with E-state index in [4.69, 9.17) is 9.97 Å². The molecule has 0 spiro atoms. The summed E-state index contributed by atoms with van der Waals surface area (Å²) in [5.74, 6) is 0.0408. The van der Waals surface area contributed by atoms with Crippen LogP contribution in [0, 0.1) is 23.2 Å². The van der Waals surface area contributed by atoms with Gasteiger partial charge in [0.1, 0.15) is 5.69 Å². The van der Waals surface area contributed by atoms with E-state index in [2.05, 4.69) is 44.0 Å². The van der Waals surface area contributed by atoms with Gasteiger partial charge >= 0.3 is 0 Å². The number of hydrogen-bond acceptors (Lipinski definition) is 5. The number of carbonyl (C=O) groups excluding carboxylic acids is 1. The van der Waals surface area contributed by atoms with Crippen LogP contribution in [0.5, 0.6) is 0 Å². The Morgan fingerprint density at radius 3 is 2.09 bits per heavy atom. The standard InChI is InChI=1S/C27H33N5O/c1-19(2)17-32(18-20(3)4)26-25(30-23-12-8-9-13-24(23)31-26)22(16-28)27(33)29-15-14-21-10-6-5-7-11-21/h5-13,19-20,22H,14-15,17-18H2,1-4H3,(H,29,33)/t22-/m0/s1. The predicted molar refractivity (Wildman–Crippen MR) is 133 cm³/mol. The van der Waals surface area contributed by atoms with E-state index in [1.807, 2.05) is 54.6 Å². The molecule has 0 unspecified atom stereocenters. The fourth-order valence-corrected chi connectivity index (χ4v) is 3.88. The molecule has 6 heteroatoms. The van der Waals surface area contributed by atoms with E-state index in [0.717, 1.165) is 24.2 Å². The lowest BCUT2D eigenvalue weighted by atomic mass is 10.0. The summed E-state index contributed by atoms with van der Waals surface area (Å²) in [5.41, 5.74) is 3.00. The average molecular weight is 444 g/mol. The first-order chi connectivity index (χ1) is 15.9. The first-order valence-corrected chi connectivity index (χ1v) is 11.6. The van der Waals surface area contributed by atoms with Gasteiger partial charge in [-0.25, -0.2) is 9.97 Å². The molecule has 0 aliphatic rings. The highest BCUT2D eigenvalue weighted by molar-refractivity contribution is 5.88. The van der Waals surface area contributed by atoms with Crippen molar-refractivity contribution in [3.8, 4) is 6.07 Å². The van der Waals surface area contributed by atoms with Crippen LogP contribution in [0.15, 0.2) is 54.6 Å². The monoisotopic (exact) mass is 443 g/mol. The van der Waals surface area contributed by atoms with Crippen molar-refractivity contribution >= 4 is 22.8 Å². The van der Waals surface area contributed by atoms with E-state index in [-0.39, 0.29) is 5.91 Å². The second-order valence-corrected chi connectivity index (χ2v) is 9.20. The third-order valence-corrected chi connectivity index (χ3v) is 5.27. The van der Waals surface area contributed by atoms with E-state index < -0.39 is 5.92 Å². The lowest BCUT2D eigenvalue weighted by Crippen LogP contribution is -2.36. The highest BCUT2D eigenvalue weighted by atomic mass is 16.1. The molecule has 0 radical (unpaired) electrons. The Balaban J connectivity index is 1.94. The summed E-state index contributed by atoms with van der Waals surface area (Å²) in [7, 11) is 0. The number of fused-ring (bicyclic) bond motifs is 1. The molecule has 1 aromatic heterocycles. The Labute approximate surface area is 196 Å². The molecule has 0 saturated carbocycles. The van der Waals surface area contributed by atoms with E-state index in [9.17, 15) is 10.1 Å². The van der Waals surface area contributed by atoms with Gasteiger partial charge in [-0.05, 0) is 36.0 Å². The van der Waals surface area contributed by atoms with Gasteiger partial charge in [0.15, 0.2) is 11.7 Å². The second kappa shape index (κ2) is 11.4. The van der Waals surface area contributed by atoms with Gasteiger partial charge in [-0.1, -0.05) is 70.2 Å². The minimum absolute atomic E-state index is 0.340. The Morgan fingerprint density at radius 2 is 1.52 bits per heavy atom. The number of hydrogen-bond donors (Lipinski definition) is 1. The van der Waals surface area contributed by atoms with Gasteiger partial charge in [-0.15, -0.1) is 0 Å². The topological polar surface area (TPSA) is 81.9 Å². The minimum Gasteiger partial charge on any atom is -0.355 e. The number of aromatic nitrogens is 2. The summed E-state index contributed by atoms with van der Waals surface area (Å²) in [5, 5.41) is 12.9. The molecule has 33 heavy (non-hydrogen) atoms. The molecular weight excluding hydrogens is 410 g/mol. The lowest BCUT2D eigenvalue weighted by molar-refractivity contribution is -0.121. The van der Waals surface area contributed by atoms with Gasteiger partial charge in [0.25, 0.3) is 0 Å². The second-order valence-electron chi connectivity index (χ2n) is 9.20. The average Bonchev–Trinajstić information content (AvgIpc) is 2.79. The smallest absolute Gasteiger partial charge is 0.243 e. The molecule has 1 amide bonds. The molecule has 0 fully saturated rings. The quantitative estimate of drug-likeness (QED) is 0.490. The van der Waals surface area contributed by atoms with Crippen molar-refractivity contribution in [1.82, 2.24) is 15.3 Å². The molecule has 3 rings (SSSR count). The fourth-order valence-electron chi connectivity index (χ4n) is 3.88. The molecule has 6 nitrogen and oxygen atoms in total. The summed E-state index contributed by atoms with van der Waals surface area (Å²) >= 11 is 0. The van der Waals surface area contributed by atoms with Crippen LogP contribution in [0.2, 0.25) is 0 Å². The lowest BCUT2D eigenvalue weighted by Gasteiger charge is -2.29. The number of para-hydroxylation sites is 2. The normalized spacial score (nSPS) is 12.0. The molecule has 0 aliphatic carbocycles. The Kier molecular flexibility index (Phi) is 8.37. The highest BCUT2D eigenvalue weighted by Crippen LogP contribution is 2.28. The van der Waals surface area contributed by atoms with Crippen molar-refractivity contribution in [3.05, 3.63) is 65.9 Å². The first kappa shape index (κ1) is 24.2. The number of carbonyl (C=O) groups is 1. The number of rotatable bonds is 10. The number of nitriles is 1. The third-order valence-electron chi connectivity index (χ3n) is 5.27. The van der Waals surface area contributed by atoms with Crippen LogP contribution < -0.4 is 10.2 Å². The van der Waals surface area contributed by atoms with E-state index >= 15 is 0 Å². The molecule has 0 saturated heterocycles. The zero-order valence-corrected chi connectivity index (χ0v) is 20.0. The van der Waals surface area contributed by atoms with Crippen molar-refractivity contribution in [3.63, 3.8) is 0 Å². The van der Waals surface area contributed by atoms with Crippen LogP contribution in [0.3, 0.4) is 0 Å². The number of benzene rings is 2. The van der Waals surface area contributed by atoms with Crippen LogP contribution in [0.25, 0.3) is 11.0 Å². The summed E-state index contributed by atoms with van der Waals surface area (Å²) < 4.78 is 0. The molecule has 1 heterocycles. The molecule has 3 aromatic rings. The molecule has 1 N–H and O–H groups in total. The van der Waals surface area contributed by atoms with Crippen LogP contribution in [0.1, 0.15) is 44.9 Å². The first-order valence-electron chi connectivity index (χ1n) is 11.6. The molecule has 0 aliphatic heterocycles. The zero-order valence-electron chi connectivity index (χ0n) is 20.0. The Bertz CT molecular complexity index is 1090. The van der Waals surface area contributed by atoms with E-state index in [1.54, 1.807) is 0 Å². The molecule has 0 bridgehead atoms. The Morgan fingerprint density at radius 1 is 0.939 bits per heavy atom. The fraction of sp³-hybridized carbons (Fsp3) is 0.407. The summed E-state index contributed by atoms with van der Waals surface area (Å²) in [6.45, 7) is 10.6. The number of nitrogens with one attached hydrogen (secondary N) is 1. The molecule has 2 aromatic carbocycles. The van der Waals surface area contributed by atoms with Gasteiger partial charge in [-0.3, -0.25) is 4.79 Å². The number of anilines is 1. The van der Waals surface area contributed by atoms with Crippen molar-refractivity contribution in [2.24, 2.45) is 11.8 Å². The third kappa shape index (κ3) is 6.52. The molecule has 172 valence electrons. The van der Waals surface area contributed by atoms with Crippen molar-refractivity contribution < 1.29 is 4.79 Å². The maximum Gasteiger partial charge on any atom is 0.243 e. The van der Waals surface area contributed by atoms with Gasteiger partial charge in [0.05, 0.1) is 17.1 Å². The van der Waals surface area contributed by atoms with Crippen molar-refractivity contribution in [1.29, 1.82) is 5.26 Å². The van der Waals surface area contributed by atoms with Crippen LogP contribution in [-0.4, -0.2) is 35.5 Å². The van der Waals surface area contributed by atoms with Gasteiger partial charge < -0.3 is 10.2 Å². The number of amides is 1. The summed E-state index contributed by atoms with van der Waals surface area (Å²) in [4.78, 5) is 24.9. The minimum atomic E-state index is -1.03. The van der Waals surface area contributed by atoms with Crippen molar-refractivity contribution in [2.45, 2.75) is 40.0 Å². The van der Waals surface area contributed by atoms with Gasteiger partial charge in [0, 0.05) is 19.6 Å². The van der Waals surface area contributed by atoms with E-state index in [0.29, 0.717) is 41.8 Å². The van der Waals surface area contributed by atoms with E-state index in [1.165, 1.54) is 0 Å². The van der Waals surface area contributed by atoms with Crippen molar-refractivity contribution in [2.75, 3.05) is 24.5 Å². The largest absolute Gasteiger partial charge is 0.355 e. The Hall–Kier alpha value is -3.46. The summed E-state index contributed by atoms with van der Waals surface area (Å²) in [6.07, 6.45) is 0.702. The predicted octanol–water partition coefficient (Wildman–Crippen LogP) is 4.71. The number of nitrogens with zero attached hydrogens (tertiary/aromatic N) is 4. The highest BCUT2D eigenvalue weighted by Gasteiger charge is 2.29. The van der Waals surface area contributed by atoms with Gasteiger partial charge in [0.2, 0.25) is 5.91 Å². The summed E-state index contributed by atoms with van der Waals surface area (Å²) in [6, 6.07) is 19.8. The van der Waals surface area contributed by atoms with Crippen LogP contribution >= 0.6 is 0 Å². The van der Waals surface area contributed by atoms with Crippen LogP contribution in [0.4, 0.5) is 5.82 Å². The molecular formula is C27H33N5O. The molecule has 1 atom stereocenters. The maximum atomic E-state index is 13.1.